The Labute approximate surface area is 69.2 Å². The molecule has 0 saturated heterocycles. The SMILES string of the molecule is CCN(C#N)CCCN(C)C. The molecule has 0 aromatic heterocycles. The van der Waals surface area contributed by atoms with Gasteiger partial charge in [0.15, 0.2) is 6.19 Å². The number of hydrogen-bond donors (Lipinski definition) is 0. The molecule has 0 rings (SSSR count). The second-order valence-corrected chi connectivity index (χ2v) is 2.84. The Morgan fingerprint density at radius 2 is 1.91 bits per heavy atom. The molecule has 0 bridgehead atoms. The maximum atomic E-state index is 8.55. The number of rotatable bonds is 5. The van der Waals surface area contributed by atoms with Crippen molar-refractivity contribution < 1.29 is 0 Å². The lowest BCUT2D eigenvalue weighted by Gasteiger charge is -2.14. The van der Waals surface area contributed by atoms with Gasteiger partial charge in [-0.2, -0.15) is 5.26 Å². The van der Waals surface area contributed by atoms with Crippen LogP contribution < -0.4 is 0 Å². The van der Waals surface area contributed by atoms with Gasteiger partial charge < -0.3 is 9.80 Å². The summed E-state index contributed by atoms with van der Waals surface area (Å²) in [5.41, 5.74) is 0. The highest BCUT2D eigenvalue weighted by molar-refractivity contribution is 4.71. The molecule has 0 saturated carbocycles. The Kier molecular flexibility index (Phi) is 5.58. The van der Waals surface area contributed by atoms with Crippen molar-refractivity contribution in [3.8, 4) is 6.19 Å². The highest BCUT2D eigenvalue weighted by atomic mass is 15.1. The molecule has 0 atom stereocenters. The lowest BCUT2D eigenvalue weighted by Crippen LogP contribution is -2.22. The Morgan fingerprint density at radius 3 is 2.27 bits per heavy atom. The monoisotopic (exact) mass is 155 g/mol. The summed E-state index contributed by atoms with van der Waals surface area (Å²) in [6, 6.07) is 0. The van der Waals surface area contributed by atoms with Crippen molar-refractivity contribution in [2.24, 2.45) is 0 Å². The molecule has 0 aliphatic heterocycles. The fraction of sp³-hybridized carbons (Fsp3) is 0.875. The van der Waals surface area contributed by atoms with Crippen molar-refractivity contribution >= 4 is 0 Å². The topological polar surface area (TPSA) is 30.3 Å². The van der Waals surface area contributed by atoms with Gasteiger partial charge in [0, 0.05) is 13.1 Å². The average Bonchev–Trinajstić information content (AvgIpc) is 1.98. The maximum Gasteiger partial charge on any atom is 0.179 e. The second-order valence-electron chi connectivity index (χ2n) is 2.84. The fourth-order valence-electron chi connectivity index (χ4n) is 0.857. The molecule has 3 heteroatoms. The van der Waals surface area contributed by atoms with Crippen LogP contribution in [0.4, 0.5) is 0 Å². The Bertz CT molecular complexity index is 126. The van der Waals surface area contributed by atoms with Gasteiger partial charge in [0.1, 0.15) is 0 Å². The fourth-order valence-corrected chi connectivity index (χ4v) is 0.857. The van der Waals surface area contributed by atoms with Gasteiger partial charge in [-0.25, -0.2) is 0 Å². The Morgan fingerprint density at radius 1 is 1.27 bits per heavy atom. The van der Waals surface area contributed by atoms with Crippen LogP contribution in [0.3, 0.4) is 0 Å². The van der Waals surface area contributed by atoms with Crippen LogP contribution >= 0.6 is 0 Å². The van der Waals surface area contributed by atoms with E-state index in [1.807, 2.05) is 21.0 Å². The lowest BCUT2D eigenvalue weighted by atomic mass is 10.4. The summed E-state index contributed by atoms with van der Waals surface area (Å²) in [6.07, 6.45) is 3.20. The predicted octanol–water partition coefficient (Wildman–Crippen LogP) is 0.741. The van der Waals surface area contributed by atoms with Crippen molar-refractivity contribution in [3.63, 3.8) is 0 Å². The first kappa shape index (κ1) is 10.2. The molecule has 0 aromatic rings. The molecule has 0 aromatic carbocycles. The summed E-state index contributed by atoms with van der Waals surface area (Å²) in [5.74, 6) is 0. The molecule has 0 spiro atoms. The lowest BCUT2D eigenvalue weighted by molar-refractivity contribution is 0.343. The number of nitrogens with zero attached hydrogens (tertiary/aromatic N) is 3. The molecule has 3 nitrogen and oxygen atoms in total. The maximum absolute atomic E-state index is 8.55. The van der Waals surface area contributed by atoms with Gasteiger partial charge in [0.05, 0.1) is 0 Å². The highest BCUT2D eigenvalue weighted by Gasteiger charge is 1.97. The minimum Gasteiger partial charge on any atom is -0.311 e. The van der Waals surface area contributed by atoms with Gasteiger partial charge in [-0.1, -0.05) is 0 Å². The first-order valence-electron chi connectivity index (χ1n) is 4.00. The van der Waals surface area contributed by atoms with E-state index in [-0.39, 0.29) is 0 Å². The van der Waals surface area contributed by atoms with E-state index >= 15 is 0 Å². The van der Waals surface area contributed by atoms with Crippen LogP contribution in [-0.2, 0) is 0 Å². The van der Waals surface area contributed by atoms with Crippen LogP contribution in [0.1, 0.15) is 13.3 Å². The number of nitriles is 1. The van der Waals surface area contributed by atoms with Crippen LogP contribution in [0.2, 0.25) is 0 Å². The van der Waals surface area contributed by atoms with Gasteiger partial charge in [0.2, 0.25) is 0 Å². The summed E-state index contributed by atoms with van der Waals surface area (Å²) in [5, 5.41) is 8.55. The van der Waals surface area contributed by atoms with Gasteiger partial charge in [-0.15, -0.1) is 0 Å². The first-order valence-corrected chi connectivity index (χ1v) is 4.00. The van der Waals surface area contributed by atoms with Crippen LogP contribution in [0.5, 0.6) is 0 Å². The quantitative estimate of drug-likeness (QED) is 0.433. The second kappa shape index (κ2) is 5.99. The molecule has 0 amide bonds. The van der Waals surface area contributed by atoms with Crippen LogP contribution in [0.15, 0.2) is 0 Å². The molecular formula is C8H17N3. The smallest absolute Gasteiger partial charge is 0.179 e. The molecule has 0 unspecified atom stereocenters. The Hall–Kier alpha value is -0.750. The highest BCUT2D eigenvalue weighted by Crippen LogP contribution is 1.89. The molecule has 11 heavy (non-hydrogen) atoms. The molecule has 0 fully saturated rings. The zero-order valence-corrected chi connectivity index (χ0v) is 7.67. The third-order valence-corrected chi connectivity index (χ3v) is 1.56. The molecular weight excluding hydrogens is 138 g/mol. The van der Waals surface area contributed by atoms with E-state index in [4.69, 9.17) is 5.26 Å². The minimum absolute atomic E-state index is 0.823. The normalized spacial score (nSPS) is 9.73. The van der Waals surface area contributed by atoms with E-state index in [1.54, 1.807) is 4.90 Å². The molecule has 0 aliphatic carbocycles. The van der Waals surface area contributed by atoms with Gasteiger partial charge in [-0.05, 0) is 34.0 Å². The van der Waals surface area contributed by atoms with Gasteiger partial charge >= 0.3 is 0 Å². The van der Waals surface area contributed by atoms with Crippen molar-refractivity contribution in [1.29, 1.82) is 5.26 Å². The first-order chi connectivity index (χ1) is 5.20. The van der Waals surface area contributed by atoms with Gasteiger partial charge in [0.25, 0.3) is 0 Å². The van der Waals surface area contributed by atoms with Crippen LogP contribution in [0.25, 0.3) is 0 Å². The molecule has 0 aliphatic rings. The standard InChI is InChI=1S/C8H17N3/c1-4-11(8-9)7-5-6-10(2)3/h4-7H2,1-3H3. The summed E-state index contributed by atoms with van der Waals surface area (Å²) in [4.78, 5) is 3.90. The average molecular weight is 155 g/mol. The van der Waals surface area contributed by atoms with E-state index in [0.717, 1.165) is 26.1 Å². The van der Waals surface area contributed by atoms with Crippen molar-refractivity contribution in [2.75, 3.05) is 33.7 Å². The predicted molar refractivity (Wildman–Crippen MR) is 46.0 cm³/mol. The van der Waals surface area contributed by atoms with E-state index in [9.17, 15) is 0 Å². The van der Waals surface area contributed by atoms with Gasteiger partial charge in [-0.3, -0.25) is 0 Å². The molecule has 0 radical (unpaired) electrons. The third kappa shape index (κ3) is 5.68. The zero-order chi connectivity index (χ0) is 8.69. The number of hydrogen-bond acceptors (Lipinski definition) is 3. The van der Waals surface area contributed by atoms with E-state index in [1.165, 1.54) is 0 Å². The zero-order valence-electron chi connectivity index (χ0n) is 7.67. The van der Waals surface area contributed by atoms with Crippen molar-refractivity contribution in [2.45, 2.75) is 13.3 Å². The third-order valence-electron chi connectivity index (χ3n) is 1.56. The minimum atomic E-state index is 0.823. The van der Waals surface area contributed by atoms with Crippen molar-refractivity contribution in [3.05, 3.63) is 0 Å². The summed E-state index contributed by atoms with van der Waals surface area (Å²) in [6.45, 7) is 4.76. The van der Waals surface area contributed by atoms with Crippen molar-refractivity contribution in [1.82, 2.24) is 9.80 Å². The van der Waals surface area contributed by atoms with E-state index in [0.29, 0.717) is 0 Å². The van der Waals surface area contributed by atoms with Crippen LogP contribution in [-0.4, -0.2) is 43.5 Å². The van der Waals surface area contributed by atoms with E-state index < -0.39 is 0 Å². The molecule has 0 heterocycles. The molecule has 0 N–H and O–H groups in total. The Balaban J connectivity index is 3.30. The largest absolute Gasteiger partial charge is 0.311 e. The summed E-state index contributed by atoms with van der Waals surface area (Å²) in [7, 11) is 4.09. The summed E-state index contributed by atoms with van der Waals surface area (Å²) < 4.78 is 0. The van der Waals surface area contributed by atoms with E-state index in [2.05, 4.69) is 11.1 Å². The molecule has 64 valence electrons. The van der Waals surface area contributed by atoms with Crippen LogP contribution in [0, 0.1) is 11.5 Å². The summed E-state index contributed by atoms with van der Waals surface area (Å²) >= 11 is 0.